The third-order valence-electron chi connectivity index (χ3n) is 6.37. The number of esters is 1. The van der Waals surface area contributed by atoms with Crippen LogP contribution in [-0.2, 0) is 16.1 Å². The summed E-state index contributed by atoms with van der Waals surface area (Å²) in [5.41, 5.74) is 5.87. The fourth-order valence-corrected chi connectivity index (χ4v) is 4.80. The van der Waals surface area contributed by atoms with E-state index in [0.29, 0.717) is 28.5 Å². The van der Waals surface area contributed by atoms with Crippen molar-refractivity contribution in [3.63, 3.8) is 0 Å². The predicted octanol–water partition coefficient (Wildman–Crippen LogP) is 6.64. The first kappa shape index (κ1) is 24.3. The molecule has 0 spiro atoms. The van der Waals surface area contributed by atoms with Crippen LogP contribution < -0.4 is 9.64 Å². The smallest absolute Gasteiger partial charge is 0.337 e. The van der Waals surface area contributed by atoms with Gasteiger partial charge in [-0.15, -0.1) is 0 Å². The summed E-state index contributed by atoms with van der Waals surface area (Å²) in [5.74, 6) is 0.103. The molecule has 0 saturated carbocycles. The Labute approximate surface area is 220 Å². The number of nitrogens with zero attached hydrogens (tertiary/aromatic N) is 1. The molecular weight excluding hydrogens is 486 g/mol. The van der Waals surface area contributed by atoms with Crippen LogP contribution in [0.15, 0.2) is 97.1 Å². The van der Waals surface area contributed by atoms with Gasteiger partial charge in [-0.1, -0.05) is 72.3 Å². The topological polar surface area (TPSA) is 55.8 Å². The standard InChI is InChI=1S/C31H24ClNO4/c1-36-27-13-6-4-11-25(27)28(21-14-16-23(32)17-15-21)29-24-10-3-5-12-26(24)33(30(29)34)19-20-8-7-9-22(18-20)31(35)37-2/h3-18H,19H2,1-2H3/b29-28-. The summed E-state index contributed by atoms with van der Waals surface area (Å²) in [6.07, 6.45) is 0. The maximum Gasteiger partial charge on any atom is 0.337 e. The van der Waals surface area contributed by atoms with E-state index in [0.717, 1.165) is 33.5 Å². The van der Waals surface area contributed by atoms with Crippen molar-refractivity contribution >= 4 is 40.3 Å². The van der Waals surface area contributed by atoms with E-state index in [1.54, 1.807) is 30.2 Å². The molecule has 0 bridgehead atoms. The number of carbonyl (C=O) groups excluding carboxylic acids is 2. The van der Waals surface area contributed by atoms with Gasteiger partial charge in [-0.3, -0.25) is 4.79 Å². The zero-order valence-corrected chi connectivity index (χ0v) is 21.2. The minimum Gasteiger partial charge on any atom is -0.496 e. The summed E-state index contributed by atoms with van der Waals surface area (Å²) in [6, 6.07) is 30.0. The van der Waals surface area contributed by atoms with Crippen LogP contribution in [0.5, 0.6) is 5.75 Å². The highest BCUT2D eigenvalue weighted by molar-refractivity contribution is 6.39. The second-order valence-corrected chi connectivity index (χ2v) is 8.99. The lowest BCUT2D eigenvalue weighted by Crippen LogP contribution is -2.26. The van der Waals surface area contributed by atoms with Crippen molar-refractivity contribution in [2.45, 2.75) is 6.54 Å². The first-order chi connectivity index (χ1) is 18.0. The maximum absolute atomic E-state index is 14.2. The summed E-state index contributed by atoms with van der Waals surface area (Å²) in [6.45, 7) is 0.296. The minimum atomic E-state index is -0.420. The van der Waals surface area contributed by atoms with Gasteiger partial charge in [0, 0.05) is 21.7 Å². The number of benzene rings is 4. The first-order valence-electron chi connectivity index (χ1n) is 11.7. The van der Waals surface area contributed by atoms with Crippen molar-refractivity contribution in [1.29, 1.82) is 0 Å². The van der Waals surface area contributed by atoms with Gasteiger partial charge < -0.3 is 14.4 Å². The van der Waals surface area contributed by atoms with Gasteiger partial charge in [-0.25, -0.2) is 4.79 Å². The maximum atomic E-state index is 14.2. The minimum absolute atomic E-state index is 0.138. The Morgan fingerprint density at radius 1 is 0.838 bits per heavy atom. The molecule has 0 N–H and O–H groups in total. The molecule has 0 saturated heterocycles. The van der Waals surface area contributed by atoms with Crippen molar-refractivity contribution in [1.82, 2.24) is 0 Å². The monoisotopic (exact) mass is 509 g/mol. The van der Waals surface area contributed by atoms with Gasteiger partial charge in [-0.2, -0.15) is 0 Å². The van der Waals surface area contributed by atoms with Crippen LogP contribution in [0.4, 0.5) is 5.69 Å². The molecule has 4 aromatic carbocycles. The molecule has 6 heteroatoms. The van der Waals surface area contributed by atoms with Crippen molar-refractivity contribution in [3.05, 3.63) is 130 Å². The van der Waals surface area contributed by atoms with Crippen LogP contribution in [0.1, 0.15) is 32.6 Å². The molecule has 0 radical (unpaired) electrons. The average Bonchev–Trinajstić information content (AvgIpc) is 3.21. The fourth-order valence-electron chi connectivity index (χ4n) is 4.68. The van der Waals surface area contributed by atoms with Gasteiger partial charge in [0.2, 0.25) is 0 Å². The predicted molar refractivity (Wildman–Crippen MR) is 146 cm³/mol. The van der Waals surface area contributed by atoms with Gasteiger partial charge in [0.15, 0.2) is 0 Å². The molecule has 0 aromatic heterocycles. The Balaban J connectivity index is 1.70. The molecule has 37 heavy (non-hydrogen) atoms. The number of rotatable bonds is 6. The third kappa shape index (κ3) is 4.61. The number of halogens is 1. The van der Waals surface area contributed by atoms with Crippen LogP contribution in [0, 0.1) is 0 Å². The van der Waals surface area contributed by atoms with E-state index in [-0.39, 0.29) is 5.91 Å². The molecule has 4 aromatic rings. The number of para-hydroxylation sites is 2. The van der Waals surface area contributed by atoms with E-state index in [1.165, 1.54) is 7.11 Å². The summed E-state index contributed by atoms with van der Waals surface area (Å²) < 4.78 is 10.6. The Kier molecular flexibility index (Phi) is 6.80. The molecule has 0 aliphatic carbocycles. The van der Waals surface area contributed by atoms with E-state index in [9.17, 15) is 9.59 Å². The summed E-state index contributed by atoms with van der Waals surface area (Å²) in [5, 5.41) is 0.610. The molecule has 1 aliphatic heterocycles. The van der Waals surface area contributed by atoms with Crippen LogP contribution >= 0.6 is 11.6 Å². The van der Waals surface area contributed by atoms with E-state index in [2.05, 4.69) is 0 Å². The summed E-state index contributed by atoms with van der Waals surface area (Å²) in [7, 11) is 2.97. The quantitative estimate of drug-likeness (QED) is 0.216. The van der Waals surface area contributed by atoms with E-state index in [4.69, 9.17) is 21.1 Å². The highest BCUT2D eigenvalue weighted by Gasteiger charge is 2.35. The number of fused-ring (bicyclic) bond motifs is 1. The molecule has 0 atom stereocenters. The zero-order valence-electron chi connectivity index (χ0n) is 20.4. The van der Waals surface area contributed by atoms with E-state index < -0.39 is 5.97 Å². The molecule has 5 nitrogen and oxygen atoms in total. The second-order valence-electron chi connectivity index (χ2n) is 8.56. The first-order valence-corrected chi connectivity index (χ1v) is 12.1. The van der Waals surface area contributed by atoms with Crippen LogP contribution in [0.25, 0.3) is 11.1 Å². The molecule has 1 aliphatic rings. The number of ether oxygens (including phenoxy) is 2. The fraction of sp³-hybridized carbons (Fsp3) is 0.0968. The van der Waals surface area contributed by atoms with E-state index >= 15 is 0 Å². The van der Waals surface area contributed by atoms with Crippen molar-refractivity contribution < 1.29 is 19.1 Å². The number of methoxy groups -OCH3 is 2. The van der Waals surface area contributed by atoms with Crippen molar-refractivity contribution in [2.24, 2.45) is 0 Å². The largest absolute Gasteiger partial charge is 0.496 e. The molecule has 0 unspecified atom stereocenters. The number of hydrogen-bond donors (Lipinski definition) is 0. The zero-order chi connectivity index (χ0) is 25.9. The molecular formula is C31H24ClNO4. The van der Waals surface area contributed by atoms with E-state index in [1.807, 2.05) is 78.9 Å². The van der Waals surface area contributed by atoms with Crippen LogP contribution in [-0.4, -0.2) is 26.1 Å². The number of anilines is 1. The van der Waals surface area contributed by atoms with Crippen LogP contribution in [0.2, 0.25) is 5.02 Å². The Hall–Kier alpha value is -4.35. The SMILES string of the molecule is COC(=O)c1cccc(CN2C(=O)/C(=C(/c3ccc(Cl)cc3)c3ccccc3OC)c3ccccc32)c1. The molecule has 1 heterocycles. The lowest BCUT2D eigenvalue weighted by Gasteiger charge is -2.19. The number of amides is 1. The Bertz CT molecular complexity index is 1520. The second kappa shape index (κ2) is 10.3. The van der Waals surface area contributed by atoms with Gasteiger partial charge in [0.25, 0.3) is 5.91 Å². The lowest BCUT2D eigenvalue weighted by atomic mass is 9.89. The summed E-state index contributed by atoms with van der Waals surface area (Å²) >= 11 is 6.20. The Morgan fingerprint density at radius 3 is 2.32 bits per heavy atom. The number of carbonyl (C=O) groups is 2. The van der Waals surface area contributed by atoms with Gasteiger partial charge in [0.1, 0.15) is 5.75 Å². The molecule has 184 valence electrons. The molecule has 1 amide bonds. The third-order valence-corrected chi connectivity index (χ3v) is 6.62. The summed E-state index contributed by atoms with van der Waals surface area (Å²) in [4.78, 5) is 28.0. The average molecular weight is 510 g/mol. The lowest BCUT2D eigenvalue weighted by molar-refractivity contribution is -0.113. The molecule has 5 rings (SSSR count). The highest BCUT2D eigenvalue weighted by Crippen LogP contribution is 2.45. The van der Waals surface area contributed by atoms with Gasteiger partial charge in [-0.05, 0) is 47.5 Å². The van der Waals surface area contributed by atoms with Gasteiger partial charge in [0.05, 0.1) is 37.6 Å². The van der Waals surface area contributed by atoms with Gasteiger partial charge >= 0.3 is 5.97 Å². The molecule has 0 fully saturated rings. The normalized spacial score (nSPS) is 13.8. The highest BCUT2D eigenvalue weighted by atomic mass is 35.5. The Morgan fingerprint density at radius 2 is 1.57 bits per heavy atom. The number of hydrogen-bond acceptors (Lipinski definition) is 4. The van der Waals surface area contributed by atoms with Crippen LogP contribution in [0.3, 0.4) is 0 Å². The van der Waals surface area contributed by atoms with Crippen molar-refractivity contribution in [3.8, 4) is 5.75 Å². The van der Waals surface area contributed by atoms with Crippen molar-refractivity contribution in [2.75, 3.05) is 19.1 Å².